The van der Waals surface area contributed by atoms with Gasteiger partial charge in [-0.2, -0.15) is 10.4 Å². The molecule has 9 nitrogen and oxygen atoms in total. The van der Waals surface area contributed by atoms with E-state index in [9.17, 15) is 5.26 Å². The maximum absolute atomic E-state index is 9.34. The van der Waals surface area contributed by atoms with Crippen molar-refractivity contribution in [1.29, 1.82) is 5.26 Å². The number of benzene rings is 1. The Bertz CT molecular complexity index is 1030. The van der Waals surface area contributed by atoms with Crippen molar-refractivity contribution in [3.05, 3.63) is 71.1 Å². The predicted octanol–water partition coefficient (Wildman–Crippen LogP) is 2.08. The Morgan fingerprint density at radius 2 is 2.17 bits per heavy atom. The lowest BCUT2D eigenvalue weighted by Crippen LogP contribution is -2.33. The van der Waals surface area contributed by atoms with Crippen LogP contribution in [0.15, 0.2) is 59.2 Å². The molecule has 1 aromatic heterocycles. The zero-order valence-corrected chi connectivity index (χ0v) is 16.3. The minimum absolute atomic E-state index is 0.549. The smallest absolute Gasteiger partial charge is 0.115 e. The van der Waals surface area contributed by atoms with E-state index in [1.807, 2.05) is 59.5 Å². The van der Waals surface area contributed by atoms with E-state index >= 15 is 0 Å². The predicted molar refractivity (Wildman–Crippen MR) is 109 cm³/mol. The number of nitrogens with zero attached hydrogens (tertiary/aromatic N) is 6. The highest BCUT2D eigenvalue weighted by Gasteiger charge is 2.24. The van der Waals surface area contributed by atoms with E-state index in [2.05, 4.69) is 27.0 Å². The zero-order chi connectivity index (χ0) is 20.2. The third kappa shape index (κ3) is 3.93. The third-order valence-corrected chi connectivity index (χ3v) is 4.68. The molecular formula is C20H22N8O. The van der Waals surface area contributed by atoms with Crippen molar-refractivity contribution >= 4 is 12.0 Å². The van der Waals surface area contributed by atoms with Gasteiger partial charge < -0.3 is 10.2 Å². The van der Waals surface area contributed by atoms with E-state index in [0.717, 1.165) is 28.3 Å². The van der Waals surface area contributed by atoms with Crippen molar-refractivity contribution in [2.45, 2.75) is 20.0 Å². The average molecular weight is 390 g/mol. The number of anilines is 1. The maximum Gasteiger partial charge on any atom is 0.115 e. The topological polar surface area (TPSA) is 93.7 Å². The molecule has 3 heterocycles. The van der Waals surface area contributed by atoms with Crippen molar-refractivity contribution in [1.82, 2.24) is 25.2 Å². The van der Waals surface area contributed by atoms with Gasteiger partial charge in [-0.3, -0.25) is 15.1 Å². The number of hydrazine groups is 2. The van der Waals surface area contributed by atoms with Gasteiger partial charge in [0.2, 0.25) is 0 Å². The Morgan fingerprint density at radius 1 is 1.31 bits per heavy atom. The highest BCUT2D eigenvalue weighted by molar-refractivity contribution is 5.66. The van der Waals surface area contributed by atoms with Gasteiger partial charge in [-0.25, -0.2) is 10.0 Å². The average Bonchev–Trinajstić information content (AvgIpc) is 3.30. The molecule has 0 unspecified atom stereocenters. The SMILES string of the molecule is COCCn1cc(NN2C=NC3=CNN(Cc4ccccc4C#N)C3=C2)c(C)n1. The lowest BCUT2D eigenvalue weighted by atomic mass is 10.1. The van der Waals surface area contributed by atoms with E-state index in [4.69, 9.17) is 4.74 Å². The van der Waals surface area contributed by atoms with Gasteiger partial charge in [0.15, 0.2) is 0 Å². The summed E-state index contributed by atoms with van der Waals surface area (Å²) in [7, 11) is 1.67. The van der Waals surface area contributed by atoms with Crippen LogP contribution in [0.2, 0.25) is 0 Å². The first kappa shape index (κ1) is 18.6. The van der Waals surface area contributed by atoms with E-state index in [-0.39, 0.29) is 0 Å². The Hall–Kier alpha value is -3.77. The van der Waals surface area contributed by atoms with Crippen molar-refractivity contribution in [2.24, 2.45) is 4.99 Å². The number of aromatic nitrogens is 2. The number of hydrogen-bond acceptors (Lipinski definition) is 8. The third-order valence-electron chi connectivity index (χ3n) is 4.68. The van der Waals surface area contributed by atoms with Crippen LogP contribution in [0, 0.1) is 18.3 Å². The molecule has 2 N–H and O–H groups in total. The molecule has 1 aromatic carbocycles. The summed E-state index contributed by atoms with van der Waals surface area (Å²) in [5.74, 6) is 0. The van der Waals surface area contributed by atoms with E-state index in [0.29, 0.717) is 25.3 Å². The molecule has 2 aliphatic rings. The summed E-state index contributed by atoms with van der Waals surface area (Å²) in [5, 5.41) is 17.6. The quantitative estimate of drug-likeness (QED) is 0.748. The van der Waals surface area contributed by atoms with Gasteiger partial charge in [0.05, 0.1) is 55.1 Å². The van der Waals surface area contributed by atoms with Gasteiger partial charge in [0.25, 0.3) is 0 Å². The highest BCUT2D eigenvalue weighted by atomic mass is 16.5. The van der Waals surface area contributed by atoms with Gasteiger partial charge in [-0.15, -0.1) is 0 Å². The van der Waals surface area contributed by atoms with Crippen molar-refractivity contribution in [3.63, 3.8) is 0 Å². The lowest BCUT2D eigenvalue weighted by molar-refractivity contribution is 0.183. The minimum atomic E-state index is 0.549. The fraction of sp³-hybridized carbons (Fsp3) is 0.250. The van der Waals surface area contributed by atoms with Crippen LogP contribution in [-0.2, 0) is 17.8 Å². The van der Waals surface area contributed by atoms with Crippen molar-refractivity contribution < 1.29 is 4.74 Å². The highest BCUT2D eigenvalue weighted by Crippen LogP contribution is 2.26. The Balaban J connectivity index is 1.49. The Labute approximate surface area is 169 Å². The second-order valence-corrected chi connectivity index (χ2v) is 6.68. The summed E-state index contributed by atoms with van der Waals surface area (Å²) in [5.41, 5.74) is 11.7. The van der Waals surface area contributed by atoms with Crippen molar-refractivity contribution in [2.75, 3.05) is 19.1 Å². The minimum Gasteiger partial charge on any atom is -0.383 e. The molecule has 0 atom stereocenters. The Kier molecular flexibility index (Phi) is 5.18. The number of methoxy groups -OCH3 is 1. The summed E-state index contributed by atoms with van der Waals surface area (Å²) >= 11 is 0. The number of nitriles is 1. The summed E-state index contributed by atoms with van der Waals surface area (Å²) in [4.78, 5) is 4.50. The zero-order valence-electron chi connectivity index (χ0n) is 16.3. The van der Waals surface area contributed by atoms with E-state index in [1.165, 1.54) is 0 Å². The van der Waals surface area contributed by atoms with Crippen LogP contribution in [0.5, 0.6) is 0 Å². The number of aryl methyl sites for hydroxylation is 1. The number of nitrogens with one attached hydrogen (secondary N) is 2. The van der Waals surface area contributed by atoms with Gasteiger partial charge in [0, 0.05) is 13.3 Å². The second-order valence-electron chi connectivity index (χ2n) is 6.68. The first-order valence-electron chi connectivity index (χ1n) is 9.24. The normalized spacial score (nSPS) is 14.8. The molecule has 0 spiro atoms. The molecule has 0 fully saturated rings. The first-order valence-corrected chi connectivity index (χ1v) is 9.24. The number of fused-ring (bicyclic) bond motifs is 1. The molecule has 29 heavy (non-hydrogen) atoms. The van der Waals surface area contributed by atoms with Gasteiger partial charge in [0.1, 0.15) is 17.7 Å². The van der Waals surface area contributed by atoms with Gasteiger partial charge >= 0.3 is 0 Å². The van der Waals surface area contributed by atoms with E-state index < -0.39 is 0 Å². The lowest BCUT2D eigenvalue weighted by Gasteiger charge is -2.26. The van der Waals surface area contributed by atoms with Crippen molar-refractivity contribution in [3.8, 4) is 6.07 Å². The summed E-state index contributed by atoms with van der Waals surface area (Å²) < 4.78 is 6.96. The fourth-order valence-corrected chi connectivity index (χ4v) is 3.15. The molecule has 0 radical (unpaired) electrons. The summed E-state index contributed by atoms with van der Waals surface area (Å²) in [6.07, 6.45) is 7.47. The van der Waals surface area contributed by atoms with Crippen LogP contribution in [-0.4, -0.2) is 39.9 Å². The van der Waals surface area contributed by atoms with Crippen LogP contribution >= 0.6 is 0 Å². The van der Waals surface area contributed by atoms with Gasteiger partial charge in [-0.05, 0) is 18.6 Å². The number of ether oxygens (including phenoxy) is 1. The fourth-order valence-electron chi connectivity index (χ4n) is 3.15. The van der Waals surface area contributed by atoms with Crippen LogP contribution in [0.25, 0.3) is 0 Å². The number of hydrogen-bond donors (Lipinski definition) is 2. The molecule has 0 saturated heterocycles. The molecule has 0 bridgehead atoms. The summed E-state index contributed by atoms with van der Waals surface area (Å²) in [6, 6.07) is 9.83. The van der Waals surface area contributed by atoms with Crippen LogP contribution in [0.3, 0.4) is 0 Å². The second kappa shape index (κ2) is 8.08. The molecule has 0 saturated carbocycles. The molecule has 148 valence electrons. The molecule has 2 aliphatic heterocycles. The number of aliphatic imine (C=N–C) groups is 1. The molecule has 4 rings (SSSR count). The van der Waals surface area contributed by atoms with Crippen LogP contribution in [0.4, 0.5) is 5.69 Å². The standard InChI is InChI=1S/C20H22N8O/c1-15-19(12-26(24-15)7-8-29-2)25-27-13-20-18(22-14-27)10-23-28(20)11-17-6-4-3-5-16(17)9-21/h3-6,10,12-14,23,25H,7-8,11H2,1-2H3. The van der Waals surface area contributed by atoms with Gasteiger partial charge in [-0.1, -0.05) is 18.2 Å². The maximum atomic E-state index is 9.34. The molecule has 2 aromatic rings. The molecule has 0 amide bonds. The Morgan fingerprint density at radius 3 is 3.00 bits per heavy atom. The van der Waals surface area contributed by atoms with Crippen LogP contribution in [0.1, 0.15) is 16.8 Å². The molecule has 9 heteroatoms. The summed E-state index contributed by atoms with van der Waals surface area (Å²) in [6.45, 7) is 3.80. The molecular weight excluding hydrogens is 368 g/mol. The van der Waals surface area contributed by atoms with Crippen LogP contribution < -0.4 is 10.9 Å². The largest absolute Gasteiger partial charge is 0.383 e. The molecule has 0 aliphatic carbocycles. The monoisotopic (exact) mass is 390 g/mol. The number of rotatable bonds is 7. The van der Waals surface area contributed by atoms with E-state index in [1.54, 1.807) is 18.5 Å². The first-order chi connectivity index (χ1) is 14.2.